The van der Waals surface area contributed by atoms with Crippen LogP contribution in [-0.2, 0) is 24.4 Å². The van der Waals surface area contributed by atoms with E-state index in [0.717, 1.165) is 18.4 Å². The van der Waals surface area contributed by atoms with E-state index in [1.807, 2.05) is 13.0 Å². The molecule has 0 aromatic heterocycles. The van der Waals surface area contributed by atoms with Crippen molar-refractivity contribution in [2.75, 3.05) is 6.54 Å². The molecule has 0 spiro atoms. The molecule has 1 aromatic rings. The van der Waals surface area contributed by atoms with Crippen LogP contribution in [0.15, 0.2) is 29.2 Å². The standard InChI is InChI=1S/C20H25N3O5S/c1-13-3-2-4-17(9-13)29(27,28)21-12-20(26)22-14-5-6-15(22)11-16(10-14)23-18(24)7-8-19(23)25/h2-4,9,14-16,21H,5-8,10-12H2,1H3. The number of likely N-dealkylation sites (tertiary alicyclic amines) is 1. The minimum Gasteiger partial charge on any atom is -0.335 e. The van der Waals surface area contributed by atoms with Gasteiger partial charge in [-0.05, 0) is 50.3 Å². The molecule has 3 heterocycles. The molecule has 2 bridgehead atoms. The van der Waals surface area contributed by atoms with Crippen molar-refractivity contribution in [2.45, 2.75) is 68.5 Å². The van der Waals surface area contributed by atoms with Crippen molar-refractivity contribution in [1.29, 1.82) is 0 Å². The Morgan fingerprint density at radius 3 is 2.28 bits per heavy atom. The van der Waals surface area contributed by atoms with E-state index in [1.54, 1.807) is 17.0 Å². The average molecular weight is 420 g/mol. The Bertz CT molecular complexity index is 931. The van der Waals surface area contributed by atoms with E-state index in [4.69, 9.17) is 0 Å². The summed E-state index contributed by atoms with van der Waals surface area (Å²) in [4.78, 5) is 40.2. The molecule has 3 fully saturated rings. The molecule has 0 saturated carbocycles. The van der Waals surface area contributed by atoms with Crippen molar-refractivity contribution < 1.29 is 22.8 Å². The van der Waals surface area contributed by atoms with Gasteiger partial charge < -0.3 is 4.90 Å². The maximum Gasteiger partial charge on any atom is 0.241 e. The summed E-state index contributed by atoms with van der Waals surface area (Å²) in [7, 11) is -3.76. The number of amides is 3. The lowest BCUT2D eigenvalue weighted by Gasteiger charge is -2.41. The highest BCUT2D eigenvalue weighted by atomic mass is 32.2. The first kappa shape index (κ1) is 20.0. The van der Waals surface area contributed by atoms with Gasteiger partial charge in [-0.15, -0.1) is 0 Å². The summed E-state index contributed by atoms with van der Waals surface area (Å²) in [5, 5.41) is 0. The summed E-state index contributed by atoms with van der Waals surface area (Å²) in [6.45, 7) is 1.51. The molecule has 2 unspecified atom stereocenters. The van der Waals surface area contributed by atoms with Crippen LogP contribution in [0.5, 0.6) is 0 Å². The molecular formula is C20H25N3O5S. The van der Waals surface area contributed by atoms with Crippen LogP contribution in [0.1, 0.15) is 44.1 Å². The second-order valence-corrected chi connectivity index (χ2v) is 9.88. The van der Waals surface area contributed by atoms with Crippen LogP contribution in [0, 0.1) is 6.92 Å². The lowest BCUT2D eigenvalue weighted by atomic mass is 9.96. The van der Waals surface area contributed by atoms with E-state index in [1.165, 1.54) is 11.0 Å². The van der Waals surface area contributed by atoms with Crippen molar-refractivity contribution in [3.63, 3.8) is 0 Å². The predicted octanol–water partition coefficient (Wildman–Crippen LogP) is 0.944. The molecule has 8 nitrogen and oxygen atoms in total. The highest BCUT2D eigenvalue weighted by Crippen LogP contribution is 2.38. The second kappa shape index (κ2) is 7.53. The minimum absolute atomic E-state index is 0.0593. The van der Waals surface area contributed by atoms with Crippen molar-refractivity contribution in [1.82, 2.24) is 14.5 Å². The maximum absolute atomic E-state index is 12.8. The maximum atomic E-state index is 12.8. The monoisotopic (exact) mass is 419 g/mol. The quantitative estimate of drug-likeness (QED) is 0.716. The number of piperidine rings is 1. The Hall–Kier alpha value is -2.26. The molecule has 4 rings (SSSR count). The summed E-state index contributed by atoms with van der Waals surface area (Å²) in [5.74, 6) is -0.499. The van der Waals surface area contributed by atoms with Crippen LogP contribution in [0.2, 0.25) is 0 Å². The fourth-order valence-electron chi connectivity index (χ4n) is 4.88. The topological polar surface area (TPSA) is 104 Å². The van der Waals surface area contributed by atoms with E-state index in [9.17, 15) is 22.8 Å². The first-order valence-corrected chi connectivity index (χ1v) is 11.5. The van der Waals surface area contributed by atoms with Crippen LogP contribution >= 0.6 is 0 Å². The van der Waals surface area contributed by atoms with Crippen LogP contribution < -0.4 is 4.72 Å². The first-order valence-electron chi connectivity index (χ1n) is 9.98. The van der Waals surface area contributed by atoms with Crippen LogP contribution in [0.4, 0.5) is 0 Å². The molecule has 3 amide bonds. The number of nitrogens with one attached hydrogen (secondary N) is 1. The Labute approximate surface area is 170 Å². The summed E-state index contributed by atoms with van der Waals surface area (Å²) >= 11 is 0. The highest BCUT2D eigenvalue weighted by molar-refractivity contribution is 7.89. The number of fused-ring (bicyclic) bond motifs is 2. The molecule has 156 valence electrons. The molecule has 2 atom stereocenters. The summed E-state index contributed by atoms with van der Waals surface area (Å²) in [6, 6.07) is 6.26. The Kier molecular flexibility index (Phi) is 5.20. The average Bonchev–Trinajstić information content (AvgIpc) is 3.15. The van der Waals surface area contributed by atoms with E-state index in [0.29, 0.717) is 12.8 Å². The zero-order valence-electron chi connectivity index (χ0n) is 16.3. The van der Waals surface area contributed by atoms with Gasteiger partial charge in [0.15, 0.2) is 0 Å². The molecule has 29 heavy (non-hydrogen) atoms. The van der Waals surface area contributed by atoms with Gasteiger partial charge in [-0.1, -0.05) is 12.1 Å². The van der Waals surface area contributed by atoms with Gasteiger partial charge in [-0.25, -0.2) is 13.1 Å². The molecule has 0 radical (unpaired) electrons. The number of aryl methyl sites for hydroxylation is 1. The normalized spacial score (nSPS) is 27.0. The predicted molar refractivity (Wildman–Crippen MR) is 104 cm³/mol. The molecular weight excluding hydrogens is 394 g/mol. The number of rotatable bonds is 5. The number of hydrogen-bond donors (Lipinski definition) is 1. The zero-order valence-corrected chi connectivity index (χ0v) is 17.2. The smallest absolute Gasteiger partial charge is 0.241 e. The molecule has 3 saturated heterocycles. The number of nitrogens with zero attached hydrogens (tertiary/aromatic N) is 2. The molecule has 9 heteroatoms. The van der Waals surface area contributed by atoms with Gasteiger partial charge in [0.05, 0.1) is 11.4 Å². The van der Waals surface area contributed by atoms with E-state index < -0.39 is 10.0 Å². The lowest BCUT2D eigenvalue weighted by Crippen LogP contribution is -2.55. The number of carbonyl (C=O) groups excluding carboxylic acids is 3. The van der Waals surface area contributed by atoms with Gasteiger partial charge in [0.25, 0.3) is 0 Å². The summed E-state index contributed by atoms with van der Waals surface area (Å²) < 4.78 is 27.4. The van der Waals surface area contributed by atoms with E-state index >= 15 is 0 Å². The van der Waals surface area contributed by atoms with E-state index in [-0.39, 0.29) is 60.1 Å². The van der Waals surface area contributed by atoms with Crippen molar-refractivity contribution in [2.24, 2.45) is 0 Å². The van der Waals surface area contributed by atoms with Gasteiger partial charge in [-0.3, -0.25) is 19.3 Å². The summed E-state index contributed by atoms with van der Waals surface area (Å²) in [6.07, 6.45) is 3.32. The third-order valence-corrected chi connectivity index (χ3v) is 7.56. The summed E-state index contributed by atoms with van der Waals surface area (Å²) in [5.41, 5.74) is 0.824. The van der Waals surface area contributed by atoms with Gasteiger partial charge in [0.2, 0.25) is 27.7 Å². The molecule has 1 aromatic carbocycles. The van der Waals surface area contributed by atoms with Crippen molar-refractivity contribution >= 4 is 27.7 Å². The number of sulfonamides is 1. The largest absolute Gasteiger partial charge is 0.335 e. The van der Waals surface area contributed by atoms with Gasteiger partial charge in [0.1, 0.15) is 0 Å². The number of carbonyl (C=O) groups is 3. The molecule has 0 aliphatic carbocycles. The third-order valence-electron chi connectivity index (χ3n) is 6.16. The highest BCUT2D eigenvalue weighted by Gasteiger charge is 2.47. The first-order chi connectivity index (χ1) is 13.8. The van der Waals surface area contributed by atoms with Crippen LogP contribution in [0.3, 0.4) is 0 Å². The number of imide groups is 1. The second-order valence-electron chi connectivity index (χ2n) is 8.11. The Morgan fingerprint density at radius 1 is 1.07 bits per heavy atom. The van der Waals surface area contributed by atoms with Gasteiger partial charge in [0, 0.05) is 31.0 Å². The molecule has 3 aliphatic heterocycles. The SMILES string of the molecule is Cc1cccc(S(=O)(=O)NCC(=O)N2C3CCC2CC(N2C(=O)CCC2=O)C3)c1. The minimum atomic E-state index is -3.76. The number of benzene rings is 1. The fourth-order valence-corrected chi connectivity index (χ4v) is 5.96. The van der Waals surface area contributed by atoms with Gasteiger partial charge >= 0.3 is 0 Å². The van der Waals surface area contributed by atoms with Crippen LogP contribution in [-0.4, -0.2) is 60.6 Å². The molecule has 3 aliphatic rings. The van der Waals surface area contributed by atoms with Crippen molar-refractivity contribution in [3.05, 3.63) is 29.8 Å². The fraction of sp³-hybridized carbons (Fsp3) is 0.550. The Balaban J connectivity index is 1.40. The van der Waals surface area contributed by atoms with E-state index in [2.05, 4.69) is 4.72 Å². The molecule has 1 N–H and O–H groups in total. The Morgan fingerprint density at radius 2 is 1.69 bits per heavy atom. The van der Waals surface area contributed by atoms with Crippen molar-refractivity contribution in [3.8, 4) is 0 Å². The third kappa shape index (κ3) is 3.81. The van der Waals surface area contributed by atoms with Crippen LogP contribution in [0.25, 0.3) is 0 Å². The zero-order chi connectivity index (χ0) is 20.8. The van der Waals surface area contributed by atoms with Gasteiger partial charge in [-0.2, -0.15) is 0 Å². The lowest BCUT2D eigenvalue weighted by molar-refractivity contribution is -0.144. The number of hydrogen-bond acceptors (Lipinski definition) is 5.